The van der Waals surface area contributed by atoms with Crippen molar-refractivity contribution in [2.45, 2.75) is 175 Å². The molecular weight excluding hydrogens is 376 g/mol. The predicted octanol–water partition coefficient (Wildman–Crippen LogP) is 10.8. The molecule has 1 heteroatoms. The number of carbonyl (C=O) groups excluding carboxylic acids is 1. The minimum absolute atomic E-state index is 0.489. The average Bonchev–Trinajstić information content (AvgIpc) is 2.75. The Bertz CT molecular complexity index is 359. The lowest BCUT2D eigenvalue weighted by Crippen LogP contribution is -2.01. The minimum Gasteiger partial charge on any atom is -0.300 e. The lowest BCUT2D eigenvalue weighted by atomic mass is 9.89. The first kappa shape index (κ1) is 30.7. The van der Waals surface area contributed by atoms with Crippen LogP contribution < -0.4 is 0 Å². The first-order valence-electron chi connectivity index (χ1n) is 14.6. The van der Waals surface area contributed by atoms with E-state index in [9.17, 15) is 4.79 Å². The molecule has 0 aromatic rings. The van der Waals surface area contributed by atoms with Gasteiger partial charge in [0, 0.05) is 12.8 Å². The summed E-state index contributed by atoms with van der Waals surface area (Å²) in [6, 6.07) is 0. The number of hydrogen-bond donors (Lipinski definition) is 0. The molecule has 0 aliphatic carbocycles. The zero-order valence-corrected chi connectivity index (χ0v) is 22.3. The van der Waals surface area contributed by atoms with Crippen LogP contribution in [0.15, 0.2) is 0 Å². The molecule has 186 valence electrons. The Morgan fingerprint density at radius 2 is 0.871 bits per heavy atom. The van der Waals surface area contributed by atoms with Crippen molar-refractivity contribution in [3.63, 3.8) is 0 Å². The van der Waals surface area contributed by atoms with Crippen molar-refractivity contribution in [3.05, 3.63) is 0 Å². The van der Waals surface area contributed by atoms with Crippen molar-refractivity contribution in [1.29, 1.82) is 0 Å². The Balaban J connectivity index is 3.56. The summed E-state index contributed by atoms with van der Waals surface area (Å²) in [5.41, 5.74) is 0. The highest BCUT2D eigenvalue weighted by Gasteiger charge is 2.08. The monoisotopic (exact) mass is 436 g/mol. The number of unbranched alkanes of at least 4 members (excludes halogenated alkanes) is 14. The molecule has 0 spiro atoms. The molecule has 0 N–H and O–H groups in total. The lowest BCUT2D eigenvalue weighted by molar-refractivity contribution is -0.119. The maximum Gasteiger partial charge on any atom is 0.132 e. The molecule has 0 aromatic heterocycles. The number of ketones is 1. The highest BCUT2D eigenvalue weighted by molar-refractivity contribution is 5.78. The van der Waals surface area contributed by atoms with E-state index in [0.29, 0.717) is 11.7 Å². The highest BCUT2D eigenvalue weighted by atomic mass is 16.1. The van der Waals surface area contributed by atoms with Gasteiger partial charge in [0.2, 0.25) is 0 Å². The fourth-order valence-electron chi connectivity index (χ4n) is 4.72. The van der Waals surface area contributed by atoms with Gasteiger partial charge in [0.1, 0.15) is 5.78 Å². The topological polar surface area (TPSA) is 17.1 Å². The Hall–Kier alpha value is -0.330. The van der Waals surface area contributed by atoms with Crippen LogP contribution in [0.3, 0.4) is 0 Å². The third kappa shape index (κ3) is 24.1. The molecule has 0 aromatic carbocycles. The second-order valence-electron chi connectivity index (χ2n) is 10.8. The Morgan fingerprint density at radius 1 is 0.484 bits per heavy atom. The van der Waals surface area contributed by atoms with Crippen molar-refractivity contribution in [3.8, 4) is 0 Å². The maximum absolute atomic E-state index is 11.8. The van der Waals surface area contributed by atoms with Crippen molar-refractivity contribution in [2.75, 3.05) is 0 Å². The fraction of sp³-hybridized carbons (Fsp3) is 0.967. The molecule has 0 saturated carbocycles. The van der Waals surface area contributed by atoms with Crippen molar-refractivity contribution >= 4 is 5.78 Å². The van der Waals surface area contributed by atoms with Gasteiger partial charge in [-0.25, -0.2) is 0 Å². The quantitative estimate of drug-likeness (QED) is 0.130. The molecule has 0 bridgehead atoms. The van der Waals surface area contributed by atoms with E-state index < -0.39 is 0 Å². The summed E-state index contributed by atoms with van der Waals surface area (Å²) < 4.78 is 0. The van der Waals surface area contributed by atoms with Crippen molar-refractivity contribution < 1.29 is 4.79 Å². The largest absolute Gasteiger partial charge is 0.300 e. The molecule has 1 nitrogen and oxygen atoms in total. The maximum atomic E-state index is 11.8. The van der Waals surface area contributed by atoms with Gasteiger partial charge in [-0.2, -0.15) is 0 Å². The molecule has 0 radical (unpaired) electrons. The second kappa shape index (κ2) is 24.3. The summed E-state index contributed by atoms with van der Waals surface area (Å²) in [5, 5.41) is 0. The summed E-state index contributed by atoms with van der Waals surface area (Å²) in [4.78, 5) is 11.8. The molecule has 0 aliphatic heterocycles. The van der Waals surface area contributed by atoms with Crippen LogP contribution >= 0.6 is 0 Å². The van der Waals surface area contributed by atoms with E-state index in [-0.39, 0.29) is 0 Å². The number of hydrogen-bond acceptors (Lipinski definition) is 1. The van der Waals surface area contributed by atoms with Gasteiger partial charge in [-0.1, -0.05) is 150 Å². The molecular formula is C30H60O. The summed E-state index contributed by atoms with van der Waals surface area (Å²) in [6.45, 7) is 9.04. The predicted molar refractivity (Wildman–Crippen MR) is 141 cm³/mol. The van der Waals surface area contributed by atoms with E-state index in [0.717, 1.165) is 31.6 Å². The Morgan fingerprint density at radius 3 is 1.35 bits per heavy atom. The minimum atomic E-state index is 0.489. The SMILES string of the molecule is CCCCCCCC(CCCCC)CCCCCCCCCCCC(=O)CCC(C)C. The van der Waals surface area contributed by atoms with Crippen LogP contribution in [0.5, 0.6) is 0 Å². The van der Waals surface area contributed by atoms with Gasteiger partial charge in [-0.05, 0) is 24.7 Å². The van der Waals surface area contributed by atoms with Crippen LogP contribution in [0.1, 0.15) is 175 Å². The van der Waals surface area contributed by atoms with Crippen molar-refractivity contribution in [1.82, 2.24) is 0 Å². The first-order valence-corrected chi connectivity index (χ1v) is 14.6. The van der Waals surface area contributed by atoms with E-state index in [2.05, 4.69) is 27.7 Å². The molecule has 0 aliphatic rings. The second-order valence-corrected chi connectivity index (χ2v) is 10.8. The third-order valence-electron chi connectivity index (χ3n) is 7.00. The van der Waals surface area contributed by atoms with E-state index in [1.54, 1.807) is 0 Å². The number of Topliss-reactive ketones (excluding diaryl/α,β-unsaturated/α-hetero) is 1. The normalized spacial score (nSPS) is 12.5. The Kier molecular flexibility index (Phi) is 24.1. The van der Waals surface area contributed by atoms with Gasteiger partial charge >= 0.3 is 0 Å². The summed E-state index contributed by atoms with van der Waals surface area (Å²) in [6.07, 6.45) is 30.8. The molecule has 0 saturated heterocycles. The zero-order chi connectivity index (χ0) is 23.0. The van der Waals surface area contributed by atoms with Gasteiger partial charge in [0.25, 0.3) is 0 Å². The van der Waals surface area contributed by atoms with E-state index in [1.165, 1.54) is 122 Å². The number of rotatable bonds is 25. The lowest BCUT2D eigenvalue weighted by Gasteiger charge is -2.17. The molecule has 0 amide bonds. The molecule has 0 rings (SSSR count). The van der Waals surface area contributed by atoms with E-state index in [4.69, 9.17) is 0 Å². The summed E-state index contributed by atoms with van der Waals surface area (Å²) in [5.74, 6) is 2.16. The summed E-state index contributed by atoms with van der Waals surface area (Å²) >= 11 is 0. The van der Waals surface area contributed by atoms with Crippen LogP contribution in [-0.2, 0) is 4.79 Å². The number of carbonyl (C=O) groups is 1. The summed E-state index contributed by atoms with van der Waals surface area (Å²) in [7, 11) is 0. The standard InChI is InChI=1S/C30H60O/c1-5-7-9-15-19-23-29(22-18-8-6-2)24-20-16-13-11-10-12-14-17-21-25-30(31)27-26-28(3)4/h28-29H,5-27H2,1-4H3. The van der Waals surface area contributed by atoms with Gasteiger partial charge in [0.15, 0.2) is 0 Å². The zero-order valence-electron chi connectivity index (χ0n) is 22.3. The van der Waals surface area contributed by atoms with Gasteiger partial charge < -0.3 is 0 Å². The smallest absolute Gasteiger partial charge is 0.132 e. The molecule has 1 unspecified atom stereocenters. The van der Waals surface area contributed by atoms with E-state index >= 15 is 0 Å². The van der Waals surface area contributed by atoms with Crippen LogP contribution in [0.4, 0.5) is 0 Å². The molecule has 0 fully saturated rings. The van der Waals surface area contributed by atoms with Crippen LogP contribution in [0.25, 0.3) is 0 Å². The van der Waals surface area contributed by atoms with E-state index in [1.807, 2.05) is 0 Å². The van der Waals surface area contributed by atoms with Gasteiger partial charge in [0.05, 0.1) is 0 Å². The molecule has 0 heterocycles. The van der Waals surface area contributed by atoms with Gasteiger partial charge in [-0.3, -0.25) is 4.79 Å². The highest BCUT2D eigenvalue weighted by Crippen LogP contribution is 2.24. The van der Waals surface area contributed by atoms with Crippen LogP contribution in [-0.4, -0.2) is 5.78 Å². The van der Waals surface area contributed by atoms with Gasteiger partial charge in [-0.15, -0.1) is 0 Å². The van der Waals surface area contributed by atoms with Crippen molar-refractivity contribution in [2.24, 2.45) is 11.8 Å². The molecule has 1 atom stereocenters. The fourth-order valence-corrected chi connectivity index (χ4v) is 4.72. The first-order chi connectivity index (χ1) is 15.1. The third-order valence-corrected chi connectivity index (χ3v) is 7.00. The Labute approximate surface area is 197 Å². The van der Waals surface area contributed by atoms with Crippen LogP contribution in [0, 0.1) is 11.8 Å². The average molecular weight is 437 g/mol. The van der Waals surface area contributed by atoms with Crippen LogP contribution in [0.2, 0.25) is 0 Å². The molecule has 31 heavy (non-hydrogen) atoms.